The average Bonchev–Trinajstić information content (AvgIpc) is 2.99. The summed E-state index contributed by atoms with van der Waals surface area (Å²) in [6.07, 6.45) is 0. The van der Waals surface area contributed by atoms with Crippen LogP contribution < -0.4 is 9.46 Å². The fourth-order valence-corrected chi connectivity index (χ4v) is 4.11. The first-order valence-electron chi connectivity index (χ1n) is 8.87. The van der Waals surface area contributed by atoms with Crippen molar-refractivity contribution in [3.05, 3.63) is 47.8 Å². The molecule has 1 aromatic carbocycles. The summed E-state index contributed by atoms with van der Waals surface area (Å²) in [5, 5.41) is 14.9. The highest BCUT2D eigenvalue weighted by Gasteiger charge is 2.22. The zero-order valence-corrected chi connectivity index (χ0v) is 17.0. The van der Waals surface area contributed by atoms with Gasteiger partial charge in [-0.1, -0.05) is 26.0 Å². The van der Waals surface area contributed by atoms with Crippen LogP contribution in [0.4, 0.5) is 5.69 Å². The number of hydrogen-bond donors (Lipinski definition) is 2. The number of nitrogens with zero attached hydrogens (tertiary/aromatic N) is 3. The molecular weight excluding hydrogens is 378 g/mol. The van der Waals surface area contributed by atoms with Crippen molar-refractivity contribution in [1.82, 2.24) is 20.4 Å². The molecule has 0 amide bonds. The lowest BCUT2D eigenvalue weighted by molar-refractivity contribution is 0.258. The molecule has 0 aliphatic rings. The highest BCUT2D eigenvalue weighted by molar-refractivity contribution is 7.92. The molecule has 0 aliphatic heterocycles. The third-order valence-corrected chi connectivity index (χ3v) is 5.59. The van der Waals surface area contributed by atoms with Crippen molar-refractivity contribution in [3.8, 4) is 17.1 Å². The van der Waals surface area contributed by atoms with Gasteiger partial charge in [0.1, 0.15) is 4.90 Å². The van der Waals surface area contributed by atoms with E-state index in [2.05, 4.69) is 39.0 Å². The molecule has 2 aromatic heterocycles. The number of anilines is 1. The summed E-state index contributed by atoms with van der Waals surface area (Å²) >= 11 is 0. The van der Waals surface area contributed by atoms with Crippen LogP contribution in [0, 0.1) is 19.8 Å². The van der Waals surface area contributed by atoms with Crippen molar-refractivity contribution in [2.75, 3.05) is 11.3 Å². The van der Waals surface area contributed by atoms with Gasteiger partial charge in [-0.2, -0.15) is 5.10 Å². The molecule has 8 nitrogen and oxygen atoms in total. The van der Waals surface area contributed by atoms with Gasteiger partial charge in [0, 0.05) is 17.3 Å². The summed E-state index contributed by atoms with van der Waals surface area (Å²) in [7, 11) is -3.75. The van der Waals surface area contributed by atoms with Crippen LogP contribution >= 0.6 is 0 Å². The van der Waals surface area contributed by atoms with Crippen LogP contribution in [-0.4, -0.2) is 35.4 Å². The number of hydrogen-bond acceptors (Lipinski definition) is 6. The molecule has 28 heavy (non-hydrogen) atoms. The predicted octanol–water partition coefficient (Wildman–Crippen LogP) is 3.32. The van der Waals surface area contributed by atoms with Crippen LogP contribution in [-0.2, 0) is 10.0 Å². The molecule has 0 unspecified atom stereocenters. The minimum atomic E-state index is -3.75. The number of benzene rings is 1. The van der Waals surface area contributed by atoms with Crippen molar-refractivity contribution < 1.29 is 13.2 Å². The van der Waals surface area contributed by atoms with Gasteiger partial charge in [0.2, 0.25) is 5.88 Å². The zero-order valence-electron chi connectivity index (χ0n) is 16.2. The quantitative estimate of drug-likeness (QED) is 0.628. The van der Waals surface area contributed by atoms with Crippen molar-refractivity contribution in [3.63, 3.8) is 0 Å². The Morgan fingerprint density at radius 1 is 1.14 bits per heavy atom. The molecule has 148 valence electrons. The van der Waals surface area contributed by atoms with Gasteiger partial charge in [-0.05, 0) is 38.0 Å². The first kappa shape index (κ1) is 19.8. The number of aromatic nitrogens is 4. The summed E-state index contributed by atoms with van der Waals surface area (Å²) in [6, 6.07) is 10.5. The van der Waals surface area contributed by atoms with Crippen molar-refractivity contribution in [2.24, 2.45) is 5.92 Å². The van der Waals surface area contributed by atoms with Crippen LogP contribution in [0.1, 0.15) is 25.2 Å². The standard InChI is InChI=1S/C19H23N5O3S/c1-12(2)11-27-18-9-8-17(22-23-18)15-6-5-7-16(10-15)24-28(25,26)19-13(3)20-21-14(19)4/h5-10,12,24H,11H2,1-4H3,(H,20,21). The summed E-state index contributed by atoms with van der Waals surface area (Å²) in [5.41, 5.74) is 2.70. The van der Waals surface area contributed by atoms with Gasteiger partial charge in [0.15, 0.2) is 0 Å². The van der Waals surface area contributed by atoms with E-state index in [9.17, 15) is 8.42 Å². The van der Waals surface area contributed by atoms with Crippen LogP contribution in [0.3, 0.4) is 0 Å². The van der Waals surface area contributed by atoms with Gasteiger partial charge in [-0.15, -0.1) is 10.2 Å². The van der Waals surface area contributed by atoms with Crippen molar-refractivity contribution in [2.45, 2.75) is 32.6 Å². The number of rotatable bonds is 7. The Kier molecular flexibility index (Phi) is 5.64. The van der Waals surface area contributed by atoms with Gasteiger partial charge >= 0.3 is 0 Å². The Labute approximate surface area is 164 Å². The third kappa shape index (κ3) is 4.48. The summed E-state index contributed by atoms with van der Waals surface area (Å²) < 4.78 is 33.5. The monoisotopic (exact) mass is 401 g/mol. The second-order valence-corrected chi connectivity index (χ2v) is 8.53. The van der Waals surface area contributed by atoms with E-state index < -0.39 is 10.0 Å². The topological polar surface area (TPSA) is 110 Å². The lowest BCUT2D eigenvalue weighted by Gasteiger charge is -2.10. The van der Waals surface area contributed by atoms with Crippen LogP contribution in [0.5, 0.6) is 5.88 Å². The molecule has 3 rings (SSSR count). The predicted molar refractivity (Wildman–Crippen MR) is 107 cm³/mol. The summed E-state index contributed by atoms with van der Waals surface area (Å²) in [6.45, 7) is 8.00. The minimum Gasteiger partial charge on any atom is -0.476 e. The fourth-order valence-electron chi connectivity index (χ4n) is 2.69. The van der Waals surface area contributed by atoms with Gasteiger partial charge in [0.05, 0.1) is 23.7 Å². The third-order valence-electron chi connectivity index (χ3n) is 3.94. The van der Waals surface area contributed by atoms with Gasteiger partial charge in [-0.25, -0.2) is 8.42 Å². The Balaban J connectivity index is 1.81. The number of H-pyrrole nitrogens is 1. The van der Waals surface area contributed by atoms with Crippen molar-refractivity contribution in [1.29, 1.82) is 0 Å². The maximum atomic E-state index is 12.7. The highest BCUT2D eigenvalue weighted by Crippen LogP contribution is 2.25. The Morgan fingerprint density at radius 3 is 2.54 bits per heavy atom. The molecule has 0 fully saturated rings. The second kappa shape index (κ2) is 7.97. The summed E-state index contributed by atoms with van der Waals surface area (Å²) in [4.78, 5) is 0.157. The smallest absolute Gasteiger partial charge is 0.265 e. The van der Waals surface area contributed by atoms with Gasteiger partial charge < -0.3 is 4.74 Å². The lowest BCUT2D eigenvalue weighted by atomic mass is 10.1. The molecular formula is C19H23N5O3S. The van der Waals surface area contributed by atoms with E-state index >= 15 is 0 Å². The zero-order chi connectivity index (χ0) is 20.3. The second-order valence-electron chi connectivity index (χ2n) is 6.91. The van der Waals surface area contributed by atoms with E-state index in [1.807, 2.05) is 6.07 Å². The average molecular weight is 401 g/mol. The van der Waals surface area contributed by atoms with E-state index in [1.165, 1.54) is 0 Å². The molecule has 0 atom stereocenters. The molecule has 9 heteroatoms. The maximum absolute atomic E-state index is 12.7. The van der Waals surface area contributed by atoms with E-state index in [0.717, 1.165) is 5.56 Å². The van der Waals surface area contributed by atoms with Crippen LogP contribution in [0.15, 0.2) is 41.3 Å². The number of ether oxygens (including phenoxy) is 1. The van der Waals surface area contributed by atoms with Crippen LogP contribution in [0.2, 0.25) is 0 Å². The Morgan fingerprint density at radius 2 is 1.93 bits per heavy atom. The molecule has 2 N–H and O–H groups in total. The molecule has 0 saturated carbocycles. The molecule has 3 aromatic rings. The van der Waals surface area contributed by atoms with E-state index in [4.69, 9.17) is 4.74 Å². The Bertz CT molecular complexity index is 1040. The number of nitrogens with one attached hydrogen (secondary N) is 2. The Hall–Kier alpha value is -2.94. The number of sulfonamides is 1. The normalized spacial score (nSPS) is 11.6. The van der Waals surface area contributed by atoms with Gasteiger partial charge in [-0.3, -0.25) is 9.82 Å². The SMILES string of the molecule is Cc1n[nH]c(C)c1S(=O)(=O)Nc1cccc(-c2ccc(OCC(C)C)nn2)c1. The van der Waals surface area contributed by atoms with E-state index in [0.29, 0.717) is 41.2 Å². The number of aryl methyl sites for hydroxylation is 2. The van der Waals surface area contributed by atoms with E-state index in [-0.39, 0.29) is 4.90 Å². The molecule has 0 radical (unpaired) electrons. The fraction of sp³-hybridized carbons (Fsp3) is 0.316. The minimum absolute atomic E-state index is 0.157. The highest BCUT2D eigenvalue weighted by atomic mass is 32.2. The van der Waals surface area contributed by atoms with E-state index in [1.54, 1.807) is 44.2 Å². The maximum Gasteiger partial charge on any atom is 0.265 e. The summed E-state index contributed by atoms with van der Waals surface area (Å²) in [5.74, 6) is 0.855. The molecule has 0 aliphatic carbocycles. The number of aromatic amines is 1. The molecule has 0 spiro atoms. The van der Waals surface area contributed by atoms with Crippen LogP contribution in [0.25, 0.3) is 11.3 Å². The molecule has 0 saturated heterocycles. The van der Waals surface area contributed by atoms with Crippen molar-refractivity contribution >= 4 is 15.7 Å². The first-order valence-corrected chi connectivity index (χ1v) is 10.4. The van der Waals surface area contributed by atoms with Gasteiger partial charge in [0.25, 0.3) is 10.0 Å². The molecule has 2 heterocycles. The first-order chi connectivity index (χ1) is 13.3. The lowest BCUT2D eigenvalue weighted by Crippen LogP contribution is -2.14. The largest absolute Gasteiger partial charge is 0.476 e. The molecule has 0 bridgehead atoms.